The Morgan fingerprint density at radius 2 is 1.42 bits per heavy atom. The number of rotatable bonds is 2. The summed E-state index contributed by atoms with van der Waals surface area (Å²) in [4.78, 5) is 11.3. The molecular weight excluding hydrogens is 397 g/mol. The van der Waals surface area contributed by atoms with Gasteiger partial charge in [-0.3, -0.25) is 4.55 Å². The molecule has 1 aromatic heterocycles. The van der Waals surface area contributed by atoms with Gasteiger partial charge in [0.15, 0.2) is 5.82 Å². The van der Waals surface area contributed by atoms with Crippen molar-refractivity contribution < 1.29 is 13.0 Å². The van der Waals surface area contributed by atoms with Crippen molar-refractivity contribution in [2.24, 2.45) is 0 Å². The summed E-state index contributed by atoms with van der Waals surface area (Å²) in [7, 11) is -4.54. The van der Waals surface area contributed by atoms with Crippen LogP contribution in [0.4, 0.5) is 0 Å². The minimum Gasteiger partial charge on any atom is -0.282 e. The van der Waals surface area contributed by atoms with Gasteiger partial charge in [-0.15, -0.1) is 0 Å². The van der Waals surface area contributed by atoms with Crippen LogP contribution in [-0.4, -0.2) is 27.9 Å². The molecule has 0 aliphatic heterocycles. The summed E-state index contributed by atoms with van der Waals surface area (Å²) in [6.07, 6.45) is 0. The predicted octanol–water partition coefficient (Wildman–Crippen LogP) is 4.40. The highest BCUT2D eigenvalue weighted by Gasteiger charge is 2.22. The summed E-state index contributed by atoms with van der Waals surface area (Å²) >= 11 is 11.7. The molecule has 0 bridgehead atoms. The fourth-order valence-electron chi connectivity index (χ4n) is 2.88. The van der Waals surface area contributed by atoms with Gasteiger partial charge in [0.05, 0.1) is 0 Å². The molecule has 0 unspecified atom stereocenters. The molecule has 9 heteroatoms. The first-order valence-corrected chi connectivity index (χ1v) is 9.53. The van der Waals surface area contributed by atoms with Crippen LogP contribution in [0.25, 0.3) is 32.9 Å². The van der Waals surface area contributed by atoms with Crippen LogP contribution in [0.3, 0.4) is 0 Å². The van der Waals surface area contributed by atoms with E-state index in [0.29, 0.717) is 5.39 Å². The zero-order valence-electron chi connectivity index (χ0n) is 12.9. The molecule has 6 nitrogen and oxygen atoms in total. The van der Waals surface area contributed by atoms with Crippen LogP contribution in [0.2, 0.25) is 10.6 Å². The van der Waals surface area contributed by atoms with Crippen molar-refractivity contribution in [1.82, 2.24) is 15.0 Å². The molecular formula is C17H9Cl2N3O3S. The van der Waals surface area contributed by atoms with Gasteiger partial charge < -0.3 is 0 Å². The van der Waals surface area contributed by atoms with E-state index >= 15 is 0 Å². The highest BCUT2D eigenvalue weighted by molar-refractivity contribution is 7.86. The highest BCUT2D eigenvalue weighted by Crippen LogP contribution is 2.35. The van der Waals surface area contributed by atoms with Crippen LogP contribution in [0.1, 0.15) is 0 Å². The van der Waals surface area contributed by atoms with Crippen molar-refractivity contribution in [2.75, 3.05) is 0 Å². The Bertz CT molecular complexity index is 1270. The molecule has 0 spiro atoms. The minimum atomic E-state index is -4.54. The summed E-state index contributed by atoms with van der Waals surface area (Å²) in [6.45, 7) is 0. The first kappa shape index (κ1) is 17.1. The van der Waals surface area contributed by atoms with Crippen LogP contribution in [0, 0.1) is 0 Å². The maximum atomic E-state index is 11.9. The number of halogens is 2. The normalized spacial score (nSPS) is 12.0. The van der Waals surface area contributed by atoms with E-state index in [4.69, 9.17) is 23.2 Å². The second-order valence-corrected chi connectivity index (χ2v) is 7.60. The number of nitrogens with zero attached hydrogens (tertiary/aromatic N) is 3. The van der Waals surface area contributed by atoms with Gasteiger partial charge in [0, 0.05) is 5.56 Å². The lowest BCUT2D eigenvalue weighted by Crippen LogP contribution is -2.04. The third-order valence-electron chi connectivity index (χ3n) is 3.93. The van der Waals surface area contributed by atoms with Crippen molar-refractivity contribution in [2.45, 2.75) is 4.90 Å². The first-order chi connectivity index (χ1) is 12.3. The number of aromatic nitrogens is 3. The van der Waals surface area contributed by atoms with Crippen molar-refractivity contribution >= 4 is 54.9 Å². The minimum absolute atomic E-state index is 0.0384. The molecule has 0 aliphatic rings. The maximum Gasteiger partial charge on any atom is 0.295 e. The summed E-state index contributed by atoms with van der Waals surface area (Å²) < 4.78 is 33.5. The number of hydrogen-bond acceptors (Lipinski definition) is 5. The SMILES string of the molecule is O=S(=O)(O)c1ccc2cc3ccccc3cc2c1-c1nc(Cl)nc(Cl)n1. The molecule has 130 valence electrons. The Kier molecular flexibility index (Phi) is 4.04. The average molecular weight is 406 g/mol. The van der Waals surface area contributed by atoms with Crippen LogP contribution in [0.15, 0.2) is 53.4 Å². The molecule has 0 fully saturated rings. The maximum absolute atomic E-state index is 11.9. The Morgan fingerprint density at radius 1 is 0.808 bits per heavy atom. The lowest BCUT2D eigenvalue weighted by atomic mass is 9.99. The Labute approximate surface area is 158 Å². The van der Waals surface area contributed by atoms with Gasteiger partial charge in [0.1, 0.15) is 4.90 Å². The molecule has 4 rings (SSSR count). The Balaban J connectivity index is 2.20. The summed E-state index contributed by atoms with van der Waals surface area (Å²) in [5.41, 5.74) is 0.113. The topological polar surface area (TPSA) is 93.0 Å². The number of hydrogen-bond donors (Lipinski definition) is 1. The van der Waals surface area contributed by atoms with Gasteiger partial charge >= 0.3 is 0 Å². The summed E-state index contributed by atoms with van der Waals surface area (Å²) in [5, 5.41) is 2.80. The molecule has 1 N–H and O–H groups in total. The molecule has 1 heterocycles. The van der Waals surface area contributed by atoms with Crippen molar-refractivity contribution in [1.29, 1.82) is 0 Å². The van der Waals surface area contributed by atoms with Crippen molar-refractivity contribution in [3.05, 3.63) is 59.1 Å². The van der Waals surface area contributed by atoms with Gasteiger partial charge in [-0.25, -0.2) is 0 Å². The average Bonchev–Trinajstić information content (AvgIpc) is 2.57. The van der Waals surface area contributed by atoms with Gasteiger partial charge in [-0.05, 0) is 62.9 Å². The van der Waals surface area contributed by atoms with Gasteiger partial charge in [-0.1, -0.05) is 30.3 Å². The van der Waals surface area contributed by atoms with Crippen LogP contribution in [-0.2, 0) is 10.1 Å². The van der Waals surface area contributed by atoms with Crippen molar-refractivity contribution in [3.63, 3.8) is 0 Å². The molecule has 26 heavy (non-hydrogen) atoms. The van der Waals surface area contributed by atoms with E-state index in [1.54, 1.807) is 12.1 Å². The Morgan fingerprint density at radius 3 is 2.04 bits per heavy atom. The summed E-state index contributed by atoms with van der Waals surface area (Å²) in [6, 6.07) is 14.2. The van der Waals surface area contributed by atoms with Crippen LogP contribution in [0.5, 0.6) is 0 Å². The zero-order valence-corrected chi connectivity index (χ0v) is 15.2. The second kappa shape index (κ2) is 6.14. The molecule has 4 aromatic rings. The van der Waals surface area contributed by atoms with E-state index in [0.717, 1.165) is 16.2 Å². The number of benzene rings is 3. The van der Waals surface area contributed by atoms with Gasteiger partial charge in [0.2, 0.25) is 10.6 Å². The van der Waals surface area contributed by atoms with Gasteiger partial charge in [0.25, 0.3) is 10.1 Å². The molecule has 0 aliphatic carbocycles. The second-order valence-electron chi connectivity index (χ2n) is 5.53. The Hall–Kier alpha value is -2.32. The molecule has 0 amide bonds. The van der Waals surface area contributed by atoms with E-state index < -0.39 is 10.1 Å². The first-order valence-electron chi connectivity index (χ1n) is 7.33. The largest absolute Gasteiger partial charge is 0.295 e. The third kappa shape index (κ3) is 2.99. The molecule has 0 saturated heterocycles. The smallest absolute Gasteiger partial charge is 0.282 e. The third-order valence-corrected chi connectivity index (χ3v) is 5.16. The van der Waals surface area contributed by atoms with Crippen molar-refractivity contribution in [3.8, 4) is 11.4 Å². The van der Waals surface area contributed by atoms with E-state index in [2.05, 4.69) is 15.0 Å². The molecule has 0 radical (unpaired) electrons. The monoisotopic (exact) mass is 405 g/mol. The number of fused-ring (bicyclic) bond motifs is 2. The predicted molar refractivity (Wildman–Crippen MR) is 100 cm³/mol. The van der Waals surface area contributed by atoms with E-state index in [9.17, 15) is 13.0 Å². The lowest BCUT2D eigenvalue weighted by molar-refractivity contribution is 0.483. The van der Waals surface area contributed by atoms with E-state index in [1.807, 2.05) is 30.3 Å². The molecule has 3 aromatic carbocycles. The standard InChI is InChI=1S/C17H9Cl2N3O3S/c18-16-20-15(21-17(19)22-16)14-12-8-10-4-2-1-3-9(10)7-11(12)5-6-13(14)26(23,24)25/h1-8H,(H,23,24,25). The lowest BCUT2D eigenvalue weighted by Gasteiger charge is -2.12. The molecule has 0 saturated carbocycles. The van der Waals surface area contributed by atoms with E-state index in [1.165, 1.54) is 6.07 Å². The molecule has 0 atom stereocenters. The zero-order chi connectivity index (χ0) is 18.5. The summed E-state index contributed by atoms with van der Waals surface area (Å²) in [5.74, 6) is -0.0384. The fraction of sp³-hybridized carbons (Fsp3) is 0. The van der Waals surface area contributed by atoms with Crippen LogP contribution >= 0.6 is 23.2 Å². The quantitative estimate of drug-likeness (QED) is 0.392. The van der Waals surface area contributed by atoms with Gasteiger partial charge in [-0.2, -0.15) is 23.4 Å². The van der Waals surface area contributed by atoms with E-state index in [-0.39, 0.29) is 26.9 Å². The van der Waals surface area contributed by atoms with Crippen LogP contribution < -0.4 is 0 Å². The fourth-order valence-corrected chi connectivity index (χ4v) is 3.94. The highest BCUT2D eigenvalue weighted by atomic mass is 35.5.